The van der Waals surface area contributed by atoms with Gasteiger partial charge >= 0.3 is 0 Å². The van der Waals surface area contributed by atoms with Gasteiger partial charge in [-0.25, -0.2) is 0 Å². The number of nitrogens with zero attached hydrogens (tertiary/aromatic N) is 4. The molecule has 2 saturated heterocycles. The van der Waals surface area contributed by atoms with Gasteiger partial charge in [0.25, 0.3) is 0 Å². The lowest BCUT2D eigenvalue weighted by atomic mass is 9.96. The van der Waals surface area contributed by atoms with E-state index in [1.165, 1.54) is 24.1 Å². The van der Waals surface area contributed by atoms with Crippen LogP contribution in [0.5, 0.6) is 0 Å². The number of rotatable bonds is 10. The summed E-state index contributed by atoms with van der Waals surface area (Å²) in [5.41, 5.74) is 5.87. The Bertz CT molecular complexity index is 1380. The molecule has 0 aliphatic carbocycles. The Morgan fingerprint density at radius 3 is 2.71 bits per heavy atom. The largest absolute Gasteiger partial charge is 0.379 e. The number of pyridine rings is 1. The van der Waals surface area contributed by atoms with Crippen LogP contribution >= 0.6 is 23.8 Å². The van der Waals surface area contributed by atoms with Gasteiger partial charge in [0.2, 0.25) is 5.91 Å². The lowest BCUT2D eigenvalue weighted by molar-refractivity contribution is -0.119. The van der Waals surface area contributed by atoms with Crippen molar-refractivity contribution in [3.63, 3.8) is 0 Å². The number of nitrogens with one attached hydrogen (secondary N) is 2. The molecule has 2 aromatic heterocycles. The number of methoxy groups -OCH3 is 1. The first-order chi connectivity index (χ1) is 19.9. The molecule has 0 bridgehead atoms. The summed E-state index contributed by atoms with van der Waals surface area (Å²) < 4.78 is 12.8. The second-order valence-corrected chi connectivity index (χ2v) is 11.2. The summed E-state index contributed by atoms with van der Waals surface area (Å²) in [5.74, 6) is -0.269. The van der Waals surface area contributed by atoms with Gasteiger partial charge in [0.05, 0.1) is 41.7 Å². The van der Waals surface area contributed by atoms with Crippen LogP contribution in [0.4, 0.5) is 11.4 Å². The molecule has 41 heavy (non-hydrogen) atoms. The van der Waals surface area contributed by atoms with E-state index >= 15 is 0 Å². The maximum Gasteiger partial charge on any atom is 0.250 e. The molecule has 11 heteroatoms. The van der Waals surface area contributed by atoms with Crippen molar-refractivity contribution in [1.82, 2.24) is 19.8 Å². The minimum absolute atomic E-state index is 0.0475. The van der Waals surface area contributed by atoms with Crippen molar-refractivity contribution in [3.8, 4) is 0 Å². The van der Waals surface area contributed by atoms with E-state index < -0.39 is 0 Å². The van der Waals surface area contributed by atoms with Crippen molar-refractivity contribution in [2.45, 2.75) is 38.9 Å². The van der Waals surface area contributed by atoms with Gasteiger partial charge in [0.15, 0.2) is 5.11 Å². The van der Waals surface area contributed by atoms with E-state index in [4.69, 9.17) is 33.3 Å². The van der Waals surface area contributed by atoms with E-state index in [0.29, 0.717) is 15.8 Å². The van der Waals surface area contributed by atoms with E-state index in [-0.39, 0.29) is 24.6 Å². The monoisotopic (exact) mass is 596 g/mol. The van der Waals surface area contributed by atoms with Crippen molar-refractivity contribution < 1.29 is 14.3 Å². The lowest BCUT2D eigenvalue weighted by Crippen LogP contribution is -2.37. The molecule has 2 aliphatic rings. The predicted molar refractivity (Wildman–Crippen MR) is 166 cm³/mol. The fraction of sp³-hybridized carbons (Fsp3) is 0.433. The molecule has 9 nitrogen and oxygen atoms in total. The third kappa shape index (κ3) is 6.57. The number of halogens is 1. The number of morpholine rings is 1. The van der Waals surface area contributed by atoms with E-state index in [2.05, 4.69) is 49.9 Å². The van der Waals surface area contributed by atoms with Crippen molar-refractivity contribution >= 4 is 46.2 Å². The van der Waals surface area contributed by atoms with Crippen LogP contribution in [0, 0.1) is 13.8 Å². The van der Waals surface area contributed by atoms with Crippen LogP contribution in [-0.4, -0.2) is 72.0 Å². The van der Waals surface area contributed by atoms with Crippen molar-refractivity contribution in [2.75, 3.05) is 56.8 Å². The second kappa shape index (κ2) is 13.3. The normalized spacial score (nSPS) is 19.4. The van der Waals surface area contributed by atoms with Gasteiger partial charge in [-0.3, -0.25) is 14.7 Å². The summed E-state index contributed by atoms with van der Waals surface area (Å²) in [7, 11) is 1.48. The van der Waals surface area contributed by atoms with E-state index in [1.54, 1.807) is 6.07 Å². The van der Waals surface area contributed by atoms with Gasteiger partial charge in [-0.05, 0) is 74.4 Å². The highest BCUT2D eigenvalue weighted by atomic mass is 35.5. The smallest absolute Gasteiger partial charge is 0.250 e. The standard InChI is InChI=1S/C30H37ClN6O3S/c1-20-17-23(21(2)36(20)12-6-11-35-13-15-40-16-14-35)29-28(26-7-4-5-10-32-26)34-30(41)37(29)22-8-9-25(24(31)18-22)33-27(38)19-39-3/h4-5,7-10,17-18,28-29H,6,11-16,19H2,1-3H3,(H,33,38)(H,34,41)/t28-,29+/m1/s1. The third-order valence-corrected chi connectivity index (χ3v) is 8.40. The van der Waals surface area contributed by atoms with Crippen molar-refractivity contribution in [2.24, 2.45) is 0 Å². The minimum atomic E-state index is -0.269. The molecule has 0 radical (unpaired) electrons. The average molecular weight is 597 g/mol. The van der Waals surface area contributed by atoms with Crippen molar-refractivity contribution in [3.05, 3.63) is 76.3 Å². The topological polar surface area (TPSA) is 83.9 Å². The van der Waals surface area contributed by atoms with Crippen molar-refractivity contribution in [1.29, 1.82) is 0 Å². The number of ether oxygens (including phenoxy) is 2. The predicted octanol–water partition coefficient (Wildman–Crippen LogP) is 4.64. The molecule has 2 N–H and O–H groups in total. The number of thiocarbonyl (C=S) groups is 1. The Hall–Kier alpha value is -3.02. The van der Waals surface area contributed by atoms with Gasteiger partial charge < -0.3 is 29.6 Å². The minimum Gasteiger partial charge on any atom is -0.379 e. The summed E-state index contributed by atoms with van der Waals surface area (Å²) >= 11 is 12.6. The van der Waals surface area contributed by atoms with Gasteiger partial charge in [-0.1, -0.05) is 17.7 Å². The Balaban J connectivity index is 1.46. The molecule has 3 aromatic rings. The van der Waals surface area contributed by atoms with Crippen LogP contribution in [0.25, 0.3) is 0 Å². The first-order valence-electron chi connectivity index (χ1n) is 13.9. The van der Waals surface area contributed by atoms with Crippen LogP contribution in [0.15, 0.2) is 48.7 Å². The molecule has 2 atom stereocenters. The molecular formula is C30H37ClN6O3S. The van der Waals surface area contributed by atoms with Crippen LogP contribution < -0.4 is 15.5 Å². The summed E-state index contributed by atoms with van der Waals surface area (Å²) in [5, 5.41) is 7.34. The Morgan fingerprint density at radius 2 is 2.00 bits per heavy atom. The summed E-state index contributed by atoms with van der Waals surface area (Å²) in [6.07, 6.45) is 2.87. The molecule has 0 saturated carbocycles. The number of hydrogen-bond donors (Lipinski definition) is 2. The molecule has 218 valence electrons. The zero-order valence-electron chi connectivity index (χ0n) is 23.7. The highest BCUT2D eigenvalue weighted by Gasteiger charge is 2.42. The number of amides is 1. The molecule has 0 spiro atoms. The Labute approximate surface area is 251 Å². The molecule has 5 rings (SSSR count). The maximum absolute atomic E-state index is 12.1. The molecule has 1 aromatic carbocycles. The SMILES string of the molecule is COCC(=O)Nc1ccc(N2C(=S)N[C@H](c3ccccn3)[C@@H]2c2cc(C)n(CCCN3CCOCC3)c2C)cc1Cl. The molecule has 2 fully saturated rings. The van der Waals surface area contributed by atoms with Gasteiger partial charge in [0, 0.05) is 56.6 Å². The zero-order valence-corrected chi connectivity index (χ0v) is 25.3. The van der Waals surface area contributed by atoms with Gasteiger partial charge in [0.1, 0.15) is 6.61 Å². The summed E-state index contributed by atoms with van der Waals surface area (Å²) in [4.78, 5) is 21.3. The van der Waals surface area contributed by atoms with E-state index in [9.17, 15) is 4.79 Å². The molecule has 4 heterocycles. The number of carbonyl (C=O) groups is 1. The average Bonchev–Trinajstić information content (AvgIpc) is 3.46. The fourth-order valence-corrected chi connectivity index (χ4v) is 6.34. The third-order valence-electron chi connectivity index (χ3n) is 7.77. The Kier molecular flexibility index (Phi) is 9.57. The first-order valence-corrected chi connectivity index (χ1v) is 14.7. The summed E-state index contributed by atoms with van der Waals surface area (Å²) in [6.45, 7) is 9.93. The summed E-state index contributed by atoms with van der Waals surface area (Å²) in [6, 6.07) is 13.5. The highest BCUT2D eigenvalue weighted by Crippen LogP contribution is 2.44. The second-order valence-electron chi connectivity index (χ2n) is 10.4. The quantitative estimate of drug-likeness (QED) is 0.328. The molecule has 0 unspecified atom stereocenters. The fourth-order valence-electron chi connectivity index (χ4n) is 5.77. The number of anilines is 2. The Morgan fingerprint density at radius 1 is 1.20 bits per heavy atom. The van der Waals surface area contributed by atoms with Gasteiger partial charge in [-0.15, -0.1) is 0 Å². The highest BCUT2D eigenvalue weighted by molar-refractivity contribution is 7.80. The van der Waals surface area contributed by atoms with Gasteiger partial charge in [-0.2, -0.15) is 0 Å². The van der Waals surface area contributed by atoms with Crippen LogP contribution in [0.1, 0.15) is 41.1 Å². The maximum atomic E-state index is 12.1. The zero-order chi connectivity index (χ0) is 28.9. The van der Waals surface area contributed by atoms with Crippen LogP contribution in [0.2, 0.25) is 5.02 Å². The number of carbonyl (C=O) groups excluding carboxylic acids is 1. The van der Waals surface area contributed by atoms with E-state index in [0.717, 1.165) is 57.2 Å². The number of hydrogen-bond acceptors (Lipinski definition) is 6. The van der Waals surface area contributed by atoms with Crippen LogP contribution in [0.3, 0.4) is 0 Å². The van der Waals surface area contributed by atoms with Crippen LogP contribution in [-0.2, 0) is 20.8 Å². The van der Waals surface area contributed by atoms with E-state index in [1.807, 2.05) is 36.5 Å². The number of benzene rings is 1. The molecule has 1 amide bonds. The molecule has 2 aliphatic heterocycles. The number of aryl methyl sites for hydroxylation is 1. The lowest BCUT2D eigenvalue weighted by Gasteiger charge is -2.29. The molecular weight excluding hydrogens is 560 g/mol. The first kappa shape index (κ1) is 29.5. The number of aromatic nitrogens is 2.